The highest BCUT2D eigenvalue weighted by Crippen LogP contribution is 2.32. The molecule has 1 heterocycles. The predicted octanol–water partition coefficient (Wildman–Crippen LogP) is 4.83. The van der Waals surface area contributed by atoms with E-state index < -0.39 is 0 Å². The van der Waals surface area contributed by atoms with Crippen LogP contribution in [0.5, 0.6) is 0 Å². The molecule has 0 unspecified atom stereocenters. The van der Waals surface area contributed by atoms with Crippen molar-refractivity contribution >= 4 is 23.1 Å². The Morgan fingerprint density at radius 3 is 2.90 bits per heavy atom. The van der Waals surface area contributed by atoms with Crippen molar-refractivity contribution < 1.29 is 0 Å². The van der Waals surface area contributed by atoms with Crippen LogP contribution in [0.15, 0.2) is 29.6 Å². The molecule has 0 saturated heterocycles. The Kier molecular flexibility index (Phi) is 5.33. The van der Waals surface area contributed by atoms with E-state index in [2.05, 4.69) is 41.4 Å². The van der Waals surface area contributed by atoms with Crippen LogP contribution in [0.25, 0.3) is 11.3 Å². The third-order valence-corrected chi connectivity index (χ3v) is 6.42. The van der Waals surface area contributed by atoms with Gasteiger partial charge in [-0.1, -0.05) is 37.5 Å². The molecular weight excluding hydrogens is 296 g/mol. The van der Waals surface area contributed by atoms with Gasteiger partial charge in [0.05, 0.1) is 5.69 Å². The molecule has 0 atom stereocenters. The van der Waals surface area contributed by atoms with E-state index >= 15 is 0 Å². The number of nitrogens with zero attached hydrogens (tertiary/aromatic N) is 1. The van der Waals surface area contributed by atoms with E-state index in [4.69, 9.17) is 10.7 Å². The Balaban J connectivity index is 1.62. The van der Waals surface area contributed by atoms with E-state index in [9.17, 15) is 0 Å². The highest BCUT2D eigenvalue weighted by Gasteiger charge is 2.14. The zero-order chi connectivity index (χ0) is 14.5. The van der Waals surface area contributed by atoms with Crippen LogP contribution in [-0.4, -0.2) is 10.2 Å². The van der Waals surface area contributed by atoms with Crippen molar-refractivity contribution in [3.63, 3.8) is 0 Å². The van der Waals surface area contributed by atoms with Crippen LogP contribution < -0.4 is 5.73 Å². The molecule has 0 aliphatic heterocycles. The molecule has 1 aliphatic rings. The van der Waals surface area contributed by atoms with Gasteiger partial charge in [0.25, 0.3) is 0 Å². The molecule has 0 bridgehead atoms. The summed E-state index contributed by atoms with van der Waals surface area (Å²) in [5, 5.41) is 4.28. The predicted molar refractivity (Wildman–Crippen MR) is 93.6 cm³/mol. The first-order chi connectivity index (χ1) is 10.3. The fraction of sp³-hybridized carbons (Fsp3) is 0.471. The van der Waals surface area contributed by atoms with Crippen molar-refractivity contribution in [2.75, 3.05) is 0 Å². The average molecular weight is 319 g/mol. The van der Waals surface area contributed by atoms with Gasteiger partial charge in [-0.15, -0.1) is 11.3 Å². The zero-order valence-corrected chi connectivity index (χ0v) is 13.9. The molecule has 112 valence electrons. The summed E-state index contributed by atoms with van der Waals surface area (Å²) in [6.07, 6.45) is 7.03. The Hall–Kier alpha value is -0.840. The normalized spacial score (nSPS) is 16.2. The van der Waals surface area contributed by atoms with Crippen molar-refractivity contribution in [3.05, 3.63) is 40.2 Å². The highest BCUT2D eigenvalue weighted by atomic mass is 32.2. The fourth-order valence-electron chi connectivity index (χ4n) is 2.79. The number of thioether (sulfide) groups is 1. The van der Waals surface area contributed by atoms with Gasteiger partial charge in [0, 0.05) is 28.5 Å². The van der Waals surface area contributed by atoms with Gasteiger partial charge < -0.3 is 5.73 Å². The minimum atomic E-state index is 0.586. The Morgan fingerprint density at radius 2 is 2.10 bits per heavy atom. The third-order valence-electron chi connectivity index (χ3n) is 4.00. The van der Waals surface area contributed by atoms with Gasteiger partial charge in [-0.25, -0.2) is 4.98 Å². The second kappa shape index (κ2) is 7.43. The van der Waals surface area contributed by atoms with Crippen LogP contribution >= 0.6 is 23.1 Å². The van der Waals surface area contributed by atoms with Crippen LogP contribution in [0.1, 0.15) is 42.7 Å². The Bertz CT molecular complexity index is 574. The monoisotopic (exact) mass is 318 g/mol. The number of nitrogens with two attached hydrogens (primary N) is 1. The maximum absolute atomic E-state index is 5.71. The van der Waals surface area contributed by atoms with Crippen molar-refractivity contribution in [2.45, 2.75) is 49.7 Å². The van der Waals surface area contributed by atoms with Crippen molar-refractivity contribution in [2.24, 2.45) is 5.73 Å². The van der Waals surface area contributed by atoms with Crippen LogP contribution in [0.3, 0.4) is 0 Å². The first-order valence-electron chi connectivity index (χ1n) is 7.70. The number of benzene rings is 1. The van der Waals surface area contributed by atoms with Crippen LogP contribution in [0.4, 0.5) is 0 Å². The lowest BCUT2D eigenvalue weighted by Crippen LogP contribution is -2.08. The van der Waals surface area contributed by atoms with Gasteiger partial charge in [0.2, 0.25) is 0 Å². The number of aromatic nitrogens is 1. The van der Waals surface area contributed by atoms with Gasteiger partial charge in [-0.2, -0.15) is 11.8 Å². The Morgan fingerprint density at radius 1 is 1.24 bits per heavy atom. The van der Waals surface area contributed by atoms with Crippen molar-refractivity contribution in [3.8, 4) is 11.3 Å². The van der Waals surface area contributed by atoms with Gasteiger partial charge in [0.1, 0.15) is 5.01 Å². The summed E-state index contributed by atoms with van der Waals surface area (Å²) < 4.78 is 0. The minimum absolute atomic E-state index is 0.586. The Labute approximate surface area is 135 Å². The maximum atomic E-state index is 5.71. The molecule has 0 spiro atoms. The lowest BCUT2D eigenvalue weighted by Gasteiger charge is -2.20. The first-order valence-corrected chi connectivity index (χ1v) is 9.63. The molecule has 1 aromatic heterocycles. The summed E-state index contributed by atoms with van der Waals surface area (Å²) in [7, 11) is 0. The topological polar surface area (TPSA) is 38.9 Å². The molecule has 4 heteroatoms. The molecule has 2 N–H and O–H groups in total. The van der Waals surface area contributed by atoms with E-state index in [0.29, 0.717) is 6.54 Å². The van der Waals surface area contributed by atoms with E-state index in [1.165, 1.54) is 48.2 Å². The number of hydrogen-bond donors (Lipinski definition) is 1. The second-order valence-corrected chi connectivity index (χ2v) is 7.83. The summed E-state index contributed by atoms with van der Waals surface area (Å²) >= 11 is 3.88. The molecule has 1 aromatic carbocycles. The summed E-state index contributed by atoms with van der Waals surface area (Å²) in [5.74, 6) is 1.06. The third kappa shape index (κ3) is 4.09. The summed E-state index contributed by atoms with van der Waals surface area (Å²) in [5.41, 5.74) is 9.15. The molecule has 21 heavy (non-hydrogen) atoms. The first kappa shape index (κ1) is 15.1. The fourth-order valence-corrected chi connectivity index (χ4v) is 4.96. The number of rotatable bonds is 5. The van der Waals surface area contributed by atoms with Crippen molar-refractivity contribution in [1.29, 1.82) is 0 Å². The summed E-state index contributed by atoms with van der Waals surface area (Å²) in [6.45, 7) is 0.586. The van der Waals surface area contributed by atoms with Gasteiger partial charge in [-0.3, -0.25) is 0 Å². The maximum Gasteiger partial charge on any atom is 0.103 e. The molecule has 1 saturated carbocycles. The number of thiazole rings is 1. The number of hydrogen-bond acceptors (Lipinski definition) is 4. The smallest absolute Gasteiger partial charge is 0.103 e. The van der Waals surface area contributed by atoms with Crippen LogP contribution in [-0.2, 0) is 12.3 Å². The molecule has 0 amide bonds. The molecule has 3 rings (SSSR count). The summed E-state index contributed by atoms with van der Waals surface area (Å²) in [6, 6.07) is 8.39. The molecule has 2 nitrogen and oxygen atoms in total. The highest BCUT2D eigenvalue weighted by molar-refractivity contribution is 7.99. The van der Waals surface area contributed by atoms with E-state index in [1.807, 2.05) is 0 Å². The van der Waals surface area contributed by atoms with Crippen molar-refractivity contribution in [1.82, 2.24) is 4.98 Å². The van der Waals surface area contributed by atoms with Crippen LogP contribution in [0, 0.1) is 0 Å². The quantitative estimate of drug-likeness (QED) is 0.857. The largest absolute Gasteiger partial charge is 0.326 e. The van der Waals surface area contributed by atoms with Gasteiger partial charge in [0.15, 0.2) is 0 Å². The minimum Gasteiger partial charge on any atom is -0.326 e. The zero-order valence-electron chi connectivity index (χ0n) is 12.3. The molecular formula is C17H22N2S2. The lowest BCUT2D eigenvalue weighted by molar-refractivity contribution is 0.516. The van der Waals surface area contributed by atoms with E-state index in [1.54, 1.807) is 11.3 Å². The summed E-state index contributed by atoms with van der Waals surface area (Å²) in [4.78, 5) is 4.80. The molecule has 0 radical (unpaired) electrons. The van der Waals surface area contributed by atoms with Gasteiger partial charge in [-0.05, 0) is 24.5 Å². The van der Waals surface area contributed by atoms with E-state index in [0.717, 1.165) is 16.7 Å². The molecule has 1 aliphatic carbocycles. The van der Waals surface area contributed by atoms with E-state index in [-0.39, 0.29) is 0 Å². The lowest BCUT2D eigenvalue weighted by atomic mass is 10.0. The second-order valence-electron chi connectivity index (χ2n) is 5.60. The molecule has 2 aromatic rings. The van der Waals surface area contributed by atoms with Gasteiger partial charge >= 0.3 is 0 Å². The average Bonchev–Trinajstić information content (AvgIpc) is 3.03. The SMILES string of the molecule is NCc1cccc(-c2csc(CSC3CCCCC3)n2)c1. The molecule has 1 fully saturated rings. The van der Waals surface area contributed by atoms with Crippen LogP contribution in [0.2, 0.25) is 0 Å². The standard InChI is InChI=1S/C17H22N2S2/c18-10-13-5-4-6-14(9-13)16-11-21-17(19-16)12-20-15-7-2-1-3-8-15/h4-6,9,11,15H,1-3,7-8,10,12,18H2.